The highest BCUT2D eigenvalue weighted by atomic mass is 35.5. The minimum Gasteiger partial charge on any atom is -0.496 e. The summed E-state index contributed by atoms with van der Waals surface area (Å²) in [6, 6.07) is 9.90. The summed E-state index contributed by atoms with van der Waals surface area (Å²) < 4.78 is 10.2. The van der Waals surface area contributed by atoms with Crippen LogP contribution in [0.1, 0.15) is 27.2 Å². The molecule has 1 aromatic heterocycles. The highest BCUT2D eigenvalue weighted by Crippen LogP contribution is 2.34. The molecule has 0 aliphatic carbocycles. The number of aromatic amines is 1. The van der Waals surface area contributed by atoms with Crippen LogP contribution in [0.15, 0.2) is 36.4 Å². The molecule has 0 unspecified atom stereocenters. The summed E-state index contributed by atoms with van der Waals surface area (Å²) in [6.45, 7) is 1.04. The molecule has 3 rings (SSSR count). The highest BCUT2D eigenvalue weighted by molar-refractivity contribution is 6.30. The van der Waals surface area contributed by atoms with Crippen molar-refractivity contribution in [1.82, 2.24) is 4.98 Å². The summed E-state index contributed by atoms with van der Waals surface area (Å²) in [4.78, 5) is 39.2. The molecule has 0 amide bonds. The zero-order chi connectivity index (χ0) is 21.1. The largest absolute Gasteiger partial charge is 0.496 e. The van der Waals surface area contributed by atoms with Crippen LogP contribution in [0.2, 0.25) is 5.02 Å². The van der Waals surface area contributed by atoms with Gasteiger partial charge in [-0.1, -0.05) is 11.6 Å². The number of carbonyl (C=O) groups excluding carboxylic acids is 2. The van der Waals surface area contributed by atoms with Gasteiger partial charge in [0.05, 0.1) is 19.1 Å². The van der Waals surface area contributed by atoms with E-state index >= 15 is 0 Å². The van der Waals surface area contributed by atoms with Gasteiger partial charge in [0.15, 0.2) is 12.4 Å². The Hall–Kier alpha value is -3.32. The maximum atomic E-state index is 13.3. The number of carboxylic acid groups (broad SMARTS) is 1. The molecule has 0 saturated heterocycles. The van der Waals surface area contributed by atoms with Crippen LogP contribution in [0.3, 0.4) is 0 Å². The first-order valence-electron chi connectivity index (χ1n) is 8.67. The molecule has 0 fully saturated rings. The maximum Gasteiger partial charge on any atom is 0.341 e. The van der Waals surface area contributed by atoms with E-state index < -0.39 is 18.5 Å². The van der Waals surface area contributed by atoms with Gasteiger partial charge in [0.1, 0.15) is 5.75 Å². The average molecular weight is 416 g/mol. The van der Waals surface area contributed by atoms with Crippen molar-refractivity contribution in [2.45, 2.75) is 13.3 Å². The third-order valence-electron chi connectivity index (χ3n) is 4.47. The number of carbonyl (C=O) groups is 3. The number of aliphatic carboxylic acids is 1. The Balaban J connectivity index is 2.12. The van der Waals surface area contributed by atoms with Crippen molar-refractivity contribution in [3.63, 3.8) is 0 Å². The van der Waals surface area contributed by atoms with Gasteiger partial charge in [0, 0.05) is 27.2 Å². The van der Waals surface area contributed by atoms with Crippen molar-refractivity contribution in [2.24, 2.45) is 0 Å². The third-order valence-corrected chi connectivity index (χ3v) is 4.73. The van der Waals surface area contributed by atoms with Gasteiger partial charge in [-0.2, -0.15) is 0 Å². The lowest BCUT2D eigenvalue weighted by atomic mass is 9.95. The Morgan fingerprint density at radius 2 is 1.79 bits per heavy atom. The molecule has 1 heterocycles. The standard InChI is InChI=1S/C21H18ClNO6/c1-11-14(9-18(26)29-10-17(24)25)19-15(23-11)7-8-16(28-2)20(19)21(27)12-3-5-13(22)6-4-12/h3-8,23H,9-10H2,1-2H3,(H,24,25). The Kier molecular flexibility index (Phi) is 5.89. The number of ether oxygens (including phenoxy) is 2. The molecular weight excluding hydrogens is 398 g/mol. The number of aryl methyl sites for hydroxylation is 1. The predicted octanol–water partition coefficient (Wildman–Crippen LogP) is 3.54. The normalized spacial score (nSPS) is 10.7. The summed E-state index contributed by atoms with van der Waals surface area (Å²) in [5, 5.41) is 9.73. The van der Waals surface area contributed by atoms with E-state index in [2.05, 4.69) is 4.98 Å². The highest BCUT2D eigenvalue weighted by Gasteiger charge is 2.24. The van der Waals surface area contributed by atoms with Crippen LogP contribution in [0.4, 0.5) is 0 Å². The van der Waals surface area contributed by atoms with Crippen molar-refractivity contribution in [3.05, 3.63) is 63.8 Å². The maximum absolute atomic E-state index is 13.3. The molecule has 0 aliphatic heterocycles. The number of ketones is 1. The number of carboxylic acids is 1. The van der Waals surface area contributed by atoms with E-state index in [1.165, 1.54) is 7.11 Å². The van der Waals surface area contributed by atoms with Gasteiger partial charge in [-0.05, 0) is 48.9 Å². The van der Waals surface area contributed by atoms with Crippen molar-refractivity contribution in [2.75, 3.05) is 13.7 Å². The fraction of sp³-hybridized carbons (Fsp3) is 0.190. The molecule has 0 atom stereocenters. The molecule has 0 bridgehead atoms. The molecule has 150 valence electrons. The van der Waals surface area contributed by atoms with E-state index in [-0.39, 0.29) is 12.2 Å². The first kappa shape index (κ1) is 20.4. The SMILES string of the molecule is COc1ccc2[nH]c(C)c(CC(=O)OCC(=O)O)c2c1C(=O)c1ccc(Cl)cc1. The van der Waals surface area contributed by atoms with Crippen LogP contribution in [0, 0.1) is 6.92 Å². The van der Waals surface area contributed by atoms with Crippen LogP contribution >= 0.6 is 11.6 Å². The van der Waals surface area contributed by atoms with E-state index in [0.29, 0.717) is 44.1 Å². The number of aromatic nitrogens is 1. The molecule has 3 aromatic rings. The molecule has 2 aromatic carbocycles. The second kappa shape index (κ2) is 8.36. The van der Waals surface area contributed by atoms with Gasteiger partial charge < -0.3 is 19.6 Å². The summed E-state index contributed by atoms with van der Waals surface area (Å²) in [5.41, 5.74) is 2.59. The Morgan fingerprint density at radius 1 is 1.10 bits per heavy atom. The minimum absolute atomic E-state index is 0.187. The van der Waals surface area contributed by atoms with E-state index in [1.54, 1.807) is 43.3 Å². The van der Waals surface area contributed by atoms with E-state index in [0.717, 1.165) is 0 Å². The number of hydrogen-bond acceptors (Lipinski definition) is 5. The summed E-state index contributed by atoms with van der Waals surface area (Å²) >= 11 is 5.92. The summed E-state index contributed by atoms with van der Waals surface area (Å²) in [6.07, 6.45) is -0.187. The molecule has 2 N–H and O–H groups in total. The Morgan fingerprint density at radius 3 is 2.41 bits per heavy atom. The molecule has 0 spiro atoms. The second-order valence-electron chi connectivity index (χ2n) is 6.36. The lowest BCUT2D eigenvalue weighted by Gasteiger charge is -2.11. The quantitative estimate of drug-likeness (QED) is 0.451. The van der Waals surface area contributed by atoms with Crippen LogP contribution in [0.25, 0.3) is 10.9 Å². The summed E-state index contributed by atoms with van der Waals surface area (Å²) in [5.74, 6) is -1.88. The first-order chi connectivity index (χ1) is 13.8. The molecule has 29 heavy (non-hydrogen) atoms. The van der Waals surface area contributed by atoms with Crippen molar-refractivity contribution in [1.29, 1.82) is 0 Å². The first-order valence-corrected chi connectivity index (χ1v) is 9.05. The predicted molar refractivity (Wildman–Crippen MR) is 107 cm³/mol. The molecule has 7 nitrogen and oxygen atoms in total. The number of esters is 1. The number of fused-ring (bicyclic) bond motifs is 1. The van der Waals surface area contributed by atoms with Crippen LogP contribution < -0.4 is 4.74 Å². The fourth-order valence-corrected chi connectivity index (χ4v) is 3.29. The number of halogens is 1. The van der Waals surface area contributed by atoms with Crippen molar-refractivity contribution < 1.29 is 29.0 Å². The smallest absolute Gasteiger partial charge is 0.341 e. The van der Waals surface area contributed by atoms with Gasteiger partial charge in [-0.3, -0.25) is 9.59 Å². The van der Waals surface area contributed by atoms with E-state index in [4.69, 9.17) is 26.2 Å². The van der Waals surface area contributed by atoms with Crippen molar-refractivity contribution >= 4 is 40.2 Å². The van der Waals surface area contributed by atoms with E-state index in [1.807, 2.05) is 0 Å². The fourth-order valence-electron chi connectivity index (χ4n) is 3.17. The molecule has 0 radical (unpaired) electrons. The lowest BCUT2D eigenvalue weighted by molar-refractivity contribution is -0.154. The number of benzene rings is 2. The van der Waals surface area contributed by atoms with Gasteiger partial charge in [0.25, 0.3) is 0 Å². The van der Waals surface area contributed by atoms with Gasteiger partial charge >= 0.3 is 11.9 Å². The number of methoxy groups -OCH3 is 1. The summed E-state index contributed by atoms with van der Waals surface area (Å²) in [7, 11) is 1.46. The number of hydrogen-bond donors (Lipinski definition) is 2. The minimum atomic E-state index is -1.24. The number of nitrogens with one attached hydrogen (secondary N) is 1. The van der Waals surface area contributed by atoms with Crippen LogP contribution in [-0.4, -0.2) is 41.5 Å². The van der Waals surface area contributed by atoms with E-state index in [9.17, 15) is 14.4 Å². The molecule has 8 heteroatoms. The Bertz CT molecular complexity index is 1100. The van der Waals surface area contributed by atoms with Gasteiger partial charge in [-0.25, -0.2) is 4.79 Å². The Labute approximate surface area is 171 Å². The molecule has 0 saturated carbocycles. The number of H-pyrrole nitrogens is 1. The number of rotatable bonds is 7. The van der Waals surface area contributed by atoms with Gasteiger partial charge in [-0.15, -0.1) is 0 Å². The topological polar surface area (TPSA) is 106 Å². The zero-order valence-corrected chi connectivity index (χ0v) is 16.5. The third kappa shape index (κ3) is 4.25. The lowest BCUT2D eigenvalue weighted by Crippen LogP contribution is -2.15. The average Bonchev–Trinajstić information content (AvgIpc) is 3.01. The van der Waals surface area contributed by atoms with Crippen molar-refractivity contribution in [3.8, 4) is 5.75 Å². The molecular formula is C21H18ClNO6. The molecule has 0 aliphatic rings. The second-order valence-corrected chi connectivity index (χ2v) is 6.80. The monoisotopic (exact) mass is 415 g/mol. The van der Waals surface area contributed by atoms with Crippen LogP contribution in [-0.2, 0) is 20.7 Å². The van der Waals surface area contributed by atoms with Gasteiger partial charge in [0.2, 0.25) is 0 Å². The zero-order valence-electron chi connectivity index (χ0n) is 15.7. The van der Waals surface area contributed by atoms with Crippen LogP contribution in [0.5, 0.6) is 5.75 Å².